The van der Waals surface area contributed by atoms with Crippen molar-refractivity contribution in [2.45, 2.75) is 44.2 Å². The molecule has 2 aliphatic heterocycles. The standard InChI is InChI=1S/2C17H13Cl2N3O2.CH4/c2*18-12-3-1-2-10(16(12)19)13-5-4-9(7-20-13)11-6-14(11)22-15(23)8-21-17(22)24;/h2*1-5,7,11,14H,6,8H2,(H,21,24);1H4/t2*11-,14+;/m10./s1. The number of halogens is 4. The molecule has 0 spiro atoms. The number of imide groups is 2. The first-order valence-corrected chi connectivity index (χ1v) is 16.6. The molecule has 4 fully saturated rings. The van der Waals surface area contributed by atoms with Crippen LogP contribution in [0.15, 0.2) is 73.1 Å². The van der Waals surface area contributed by atoms with Crippen molar-refractivity contribution in [1.29, 1.82) is 0 Å². The maximum atomic E-state index is 11.8. The van der Waals surface area contributed by atoms with E-state index >= 15 is 0 Å². The molecule has 49 heavy (non-hydrogen) atoms. The van der Waals surface area contributed by atoms with Gasteiger partial charge in [-0.2, -0.15) is 0 Å². The molecule has 2 saturated carbocycles. The predicted octanol–water partition coefficient (Wildman–Crippen LogP) is 7.56. The third-order valence-corrected chi connectivity index (χ3v) is 10.5. The van der Waals surface area contributed by atoms with Gasteiger partial charge in [-0.3, -0.25) is 29.4 Å². The maximum Gasteiger partial charge on any atom is 0.324 e. The van der Waals surface area contributed by atoms with Gasteiger partial charge in [0.2, 0.25) is 11.8 Å². The highest BCUT2D eigenvalue weighted by atomic mass is 35.5. The van der Waals surface area contributed by atoms with Gasteiger partial charge in [0.15, 0.2) is 0 Å². The van der Waals surface area contributed by atoms with Crippen LogP contribution in [-0.2, 0) is 9.59 Å². The van der Waals surface area contributed by atoms with Crippen LogP contribution in [0.25, 0.3) is 22.5 Å². The topological polar surface area (TPSA) is 125 Å². The Kier molecular flexibility index (Phi) is 9.86. The molecule has 0 radical (unpaired) electrons. The number of nitrogens with one attached hydrogen (secondary N) is 2. The summed E-state index contributed by atoms with van der Waals surface area (Å²) in [5.41, 5.74) is 5.04. The van der Waals surface area contributed by atoms with Crippen molar-refractivity contribution in [2.24, 2.45) is 0 Å². The summed E-state index contributed by atoms with van der Waals surface area (Å²) in [6, 6.07) is 17.8. The van der Waals surface area contributed by atoms with Crippen LogP contribution in [0.3, 0.4) is 0 Å². The summed E-state index contributed by atoms with van der Waals surface area (Å²) in [6.07, 6.45) is 5.10. The fraction of sp³-hybridized carbons (Fsp3) is 0.257. The minimum atomic E-state index is -0.303. The van der Waals surface area contributed by atoms with E-state index in [1.54, 1.807) is 24.5 Å². The van der Waals surface area contributed by atoms with E-state index in [-0.39, 0.29) is 68.3 Å². The van der Waals surface area contributed by atoms with Crippen LogP contribution in [0, 0.1) is 0 Å². The smallest absolute Gasteiger partial charge is 0.324 e. The Labute approximate surface area is 302 Å². The van der Waals surface area contributed by atoms with Gasteiger partial charge in [-0.1, -0.05) is 90.2 Å². The largest absolute Gasteiger partial charge is 0.329 e. The monoisotopic (exact) mass is 738 g/mol. The summed E-state index contributed by atoms with van der Waals surface area (Å²) in [7, 11) is 0. The minimum Gasteiger partial charge on any atom is -0.329 e. The summed E-state index contributed by atoms with van der Waals surface area (Å²) in [5.74, 6) is -0.0334. The summed E-state index contributed by atoms with van der Waals surface area (Å²) >= 11 is 24.5. The first-order valence-electron chi connectivity index (χ1n) is 15.1. The molecule has 10 nitrogen and oxygen atoms in total. The summed E-state index contributed by atoms with van der Waals surface area (Å²) in [4.78, 5) is 58.5. The Hall–Kier alpha value is -4.22. The normalized spacial score (nSPS) is 22.2. The van der Waals surface area contributed by atoms with E-state index in [4.69, 9.17) is 46.4 Å². The number of rotatable bonds is 6. The lowest BCUT2D eigenvalue weighted by molar-refractivity contribution is -0.126. The number of urea groups is 2. The number of benzene rings is 2. The molecule has 2 aliphatic carbocycles. The third-order valence-electron chi connectivity index (χ3n) is 8.82. The zero-order valence-corrected chi connectivity index (χ0v) is 28.0. The van der Waals surface area contributed by atoms with Crippen molar-refractivity contribution in [2.75, 3.05) is 13.1 Å². The summed E-state index contributed by atoms with van der Waals surface area (Å²) in [5, 5.41) is 7.02. The summed E-state index contributed by atoms with van der Waals surface area (Å²) in [6.45, 7) is 0.180. The predicted molar refractivity (Wildman–Crippen MR) is 189 cm³/mol. The van der Waals surface area contributed by atoms with E-state index in [9.17, 15) is 19.2 Å². The van der Waals surface area contributed by atoms with Crippen LogP contribution in [0.4, 0.5) is 9.59 Å². The maximum absolute atomic E-state index is 11.8. The van der Waals surface area contributed by atoms with Crippen molar-refractivity contribution >= 4 is 70.3 Å². The van der Waals surface area contributed by atoms with E-state index in [0.717, 1.165) is 46.5 Å². The molecule has 4 atom stereocenters. The fourth-order valence-electron chi connectivity index (χ4n) is 6.16. The van der Waals surface area contributed by atoms with Gasteiger partial charge in [-0.25, -0.2) is 9.59 Å². The van der Waals surface area contributed by atoms with Crippen LogP contribution < -0.4 is 10.6 Å². The Balaban J connectivity index is 0.000000167. The molecular weight excluding hydrogens is 710 g/mol. The highest BCUT2D eigenvalue weighted by Crippen LogP contribution is 2.47. The van der Waals surface area contributed by atoms with E-state index in [1.807, 2.05) is 48.5 Å². The number of carbonyl (C=O) groups is 4. The van der Waals surface area contributed by atoms with Gasteiger partial charge in [0, 0.05) is 47.4 Å². The molecule has 0 bridgehead atoms. The van der Waals surface area contributed by atoms with E-state index < -0.39 is 0 Å². The molecule has 2 N–H and O–H groups in total. The second kappa shape index (κ2) is 14.0. The molecule has 4 aromatic rings. The van der Waals surface area contributed by atoms with Crippen molar-refractivity contribution in [3.63, 3.8) is 0 Å². The first kappa shape index (κ1) is 34.6. The quantitative estimate of drug-likeness (QED) is 0.197. The highest BCUT2D eigenvalue weighted by molar-refractivity contribution is 6.44. The zero-order chi connectivity index (χ0) is 33.7. The molecular formula is C35H30Cl4N6O4. The van der Waals surface area contributed by atoms with E-state index in [1.165, 1.54) is 9.80 Å². The average Bonchev–Trinajstić information content (AvgIpc) is 4.00. The van der Waals surface area contributed by atoms with Gasteiger partial charge >= 0.3 is 12.1 Å². The number of aromatic nitrogens is 2. The molecule has 8 rings (SSSR count). The molecule has 14 heteroatoms. The van der Waals surface area contributed by atoms with Gasteiger partial charge in [-0.05, 0) is 48.2 Å². The number of amides is 6. The Morgan fingerprint density at radius 1 is 0.592 bits per heavy atom. The second-order valence-corrected chi connectivity index (χ2v) is 13.4. The lowest BCUT2D eigenvalue weighted by Crippen LogP contribution is -2.33. The van der Waals surface area contributed by atoms with Crippen molar-refractivity contribution in [1.82, 2.24) is 30.4 Å². The van der Waals surface area contributed by atoms with E-state index in [2.05, 4.69) is 20.6 Å². The number of hydrogen-bond donors (Lipinski definition) is 2. The highest BCUT2D eigenvalue weighted by Gasteiger charge is 2.50. The molecule has 4 aliphatic rings. The molecule has 252 valence electrons. The lowest BCUT2D eigenvalue weighted by atomic mass is 10.1. The molecule has 6 amide bonds. The van der Waals surface area contributed by atoms with Crippen LogP contribution >= 0.6 is 46.4 Å². The Morgan fingerprint density at radius 2 is 1.00 bits per heavy atom. The van der Waals surface area contributed by atoms with Gasteiger partial charge in [0.1, 0.15) is 0 Å². The van der Waals surface area contributed by atoms with Crippen molar-refractivity contribution < 1.29 is 19.2 Å². The van der Waals surface area contributed by atoms with Gasteiger partial charge in [-0.15, -0.1) is 0 Å². The SMILES string of the molecule is C.O=C1CNC(=O)N1[C@@H]1C[C@H]1c1ccc(-c2cccc(Cl)c2Cl)nc1.O=C1CNC(=O)N1[C@H]1C[C@@H]1c1ccc(-c2cccc(Cl)c2Cl)nc1. The number of carbonyl (C=O) groups excluding carboxylic acids is 4. The Morgan fingerprint density at radius 3 is 1.33 bits per heavy atom. The van der Waals surface area contributed by atoms with Crippen LogP contribution in [0.2, 0.25) is 20.1 Å². The van der Waals surface area contributed by atoms with Crippen LogP contribution in [0.1, 0.15) is 43.2 Å². The van der Waals surface area contributed by atoms with Gasteiger partial charge in [0.25, 0.3) is 0 Å². The molecule has 4 heterocycles. The molecule has 2 aromatic heterocycles. The number of hydrogen-bond acceptors (Lipinski definition) is 6. The molecule has 0 unspecified atom stereocenters. The lowest BCUT2D eigenvalue weighted by Gasteiger charge is -2.12. The van der Waals surface area contributed by atoms with Gasteiger partial charge in [0.05, 0.1) is 44.6 Å². The number of pyridine rings is 2. The van der Waals surface area contributed by atoms with Crippen molar-refractivity contribution in [3.8, 4) is 22.5 Å². The summed E-state index contributed by atoms with van der Waals surface area (Å²) < 4.78 is 0. The molecule has 2 saturated heterocycles. The third kappa shape index (κ3) is 6.83. The first-order chi connectivity index (χ1) is 23.1. The average molecular weight is 740 g/mol. The van der Waals surface area contributed by atoms with Crippen LogP contribution in [0.5, 0.6) is 0 Å². The van der Waals surface area contributed by atoms with E-state index in [0.29, 0.717) is 20.1 Å². The van der Waals surface area contributed by atoms with Gasteiger partial charge < -0.3 is 10.6 Å². The molecule has 2 aromatic carbocycles. The second-order valence-electron chi connectivity index (χ2n) is 11.8. The number of nitrogens with zero attached hydrogens (tertiary/aromatic N) is 4. The fourth-order valence-corrected chi connectivity index (χ4v) is 6.96. The minimum absolute atomic E-state index is 0. The van der Waals surface area contributed by atoms with Crippen LogP contribution in [-0.4, -0.2) is 68.8 Å². The Bertz CT molecular complexity index is 1790. The zero-order valence-electron chi connectivity index (χ0n) is 25.0. The van der Waals surface area contributed by atoms with Crippen molar-refractivity contribution in [3.05, 3.63) is 104 Å².